The first-order valence-corrected chi connectivity index (χ1v) is 8.71. The van der Waals surface area contributed by atoms with Crippen molar-refractivity contribution in [2.45, 2.75) is 20.4 Å². The number of esters is 1. The van der Waals surface area contributed by atoms with E-state index in [2.05, 4.69) is 0 Å². The van der Waals surface area contributed by atoms with Gasteiger partial charge in [-0.15, -0.1) is 0 Å². The number of benzene rings is 1. The molecule has 2 aromatic heterocycles. The number of ether oxygens (including phenoxy) is 1. The first-order valence-electron chi connectivity index (χ1n) is 8.71. The van der Waals surface area contributed by atoms with Crippen LogP contribution in [0.15, 0.2) is 47.1 Å². The van der Waals surface area contributed by atoms with Crippen molar-refractivity contribution in [3.8, 4) is 0 Å². The number of carbonyl (C=O) groups is 2. The Hall–Kier alpha value is -3.88. The Morgan fingerprint density at radius 2 is 2.00 bits per heavy atom. The van der Waals surface area contributed by atoms with Gasteiger partial charge < -0.3 is 19.5 Å². The van der Waals surface area contributed by atoms with Crippen molar-refractivity contribution in [1.29, 1.82) is 0 Å². The highest BCUT2D eigenvalue weighted by Gasteiger charge is 2.20. The summed E-state index contributed by atoms with van der Waals surface area (Å²) in [6.45, 7) is 3.66. The summed E-state index contributed by atoms with van der Waals surface area (Å²) in [5.74, 6) is -0.463. The lowest BCUT2D eigenvalue weighted by Crippen LogP contribution is -2.15. The average molecular weight is 397 g/mol. The van der Waals surface area contributed by atoms with Crippen LogP contribution in [-0.2, 0) is 11.3 Å². The number of hydrogen-bond donors (Lipinski definition) is 1. The Balaban J connectivity index is 1.70. The highest BCUT2D eigenvalue weighted by Crippen LogP contribution is 2.23. The van der Waals surface area contributed by atoms with Crippen LogP contribution in [0.2, 0.25) is 0 Å². The predicted molar refractivity (Wildman–Crippen MR) is 104 cm³/mol. The third kappa shape index (κ3) is 4.18. The fourth-order valence-electron chi connectivity index (χ4n) is 3.01. The van der Waals surface area contributed by atoms with Gasteiger partial charge in [0, 0.05) is 23.0 Å². The molecule has 29 heavy (non-hydrogen) atoms. The van der Waals surface area contributed by atoms with Crippen LogP contribution in [0.5, 0.6) is 0 Å². The third-order valence-electron chi connectivity index (χ3n) is 4.57. The average Bonchev–Trinajstić information content (AvgIpc) is 3.29. The monoisotopic (exact) mass is 397 g/mol. The molecule has 0 amide bonds. The topological polar surface area (TPSA) is 131 Å². The van der Waals surface area contributed by atoms with Crippen molar-refractivity contribution in [1.82, 2.24) is 4.57 Å². The molecule has 0 fully saturated rings. The molecule has 9 nitrogen and oxygen atoms in total. The SMILES string of the molecule is Cc1cc(C(=O)COC(=O)c2ccc(N)c([N+](=O)[O-])c2)c(C)n1Cc1ccco1. The lowest BCUT2D eigenvalue weighted by atomic mass is 10.1. The molecule has 0 bridgehead atoms. The summed E-state index contributed by atoms with van der Waals surface area (Å²) in [7, 11) is 0. The molecular formula is C20H19N3O6. The number of aryl methyl sites for hydroxylation is 1. The molecule has 0 aliphatic heterocycles. The van der Waals surface area contributed by atoms with Gasteiger partial charge in [0.25, 0.3) is 5.69 Å². The maximum absolute atomic E-state index is 12.6. The number of aromatic nitrogens is 1. The van der Waals surface area contributed by atoms with Gasteiger partial charge in [-0.05, 0) is 44.2 Å². The second-order valence-corrected chi connectivity index (χ2v) is 6.48. The van der Waals surface area contributed by atoms with Crippen molar-refractivity contribution in [3.63, 3.8) is 0 Å². The number of nitrogen functional groups attached to an aromatic ring is 1. The van der Waals surface area contributed by atoms with E-state index < -0.39 is 23.2 Å². The summed E-state index contributed by atoms with van der Waals surface area (Å²) < 4.78 is 12.3. The normalized spacial score (nSPS) is 10.7. The molecule has 0 saturated carbocycles. The molecule has 0 aliphatic rings. The molecule has 150 valence electrons. The smallest absolute Gasteiger partial charge is 0.338 e. The molecule has 9 heteroatoms. The van der Waals surface area contributed by atoms with E-state index in [4.69, 9.17) is 14.9 Å². The molecule has 0 radical (unpaired) electrons. The number of nitro benzene ring substituents is 1. The number of hydrogen-bond acceptors (Lipinski definition) is 7. The number of furan rings is 1. The van der Waals surface area contributed by atoms with Gasteiger partial charge in [-0.25, -0.2) is 4.79 Å². The number of Topliss-reactive ketones (excluding diaryl/α,β-unsaturated/α-hetero) is 1. The largest absolute Gasteiger partial charge is 0.467 e. The highest BCUT2D eigenvalue weighted by atomic mass is 16.6. The van der Waals surface area contributed by atoms with Gasteiger partial charge in [0.1, 0.15) is 11.4 Å². The minimum absolute atomic E-state index is 0.0537. The van der Waals surface area contributed by atoms with Crippen molar-refractivity contribution in [2.75, 3.05) is 12.3 Å². The number of nitrogens with two attached hydrogens (primary N) is 1. The zero-order valence-corrected chi connectivity index (χ0v) is 15.9. The van der Waals surface area contributed by atoms with Crippen molar-refractivity contribution < 1.29 is 23.7 Å². The Morgan fingerprint density at radius 1 is 1.24 bits per heavy atom. The molecule has 0 atom stereocenters. The van der Waals surface area contributed by atoms with Crippen LogP contribution in [-0.4, -0.2) is 27.8 Å². The summed E-state index contributed by atoms with van der Waals surface area (Å²) in [5.41, 5.74) is 7.02. The van der Waals surface area contributed by atoms with Crippen LogP contribution in [0.1, 0.15) is 37.9 Å². The summed E-state index contributed by atoms with van der Waals surface area (Å²) in [6, 6.07) is 8.94. The fourth-order valence-corrected chi connectivity index (χ4v) is 3.01. The lowest BCUT2D eigenvalue weighted by molar-refractivity contribution is -0.383. The van der Waals surface area contributed by atoms with Gasteiger partial charge in [0.15, 0.2) is 6.61 Å². The van der Waals surface area contributed by atoms with E-state index in [0.29, 0.717) is 12.1 Å². The van der Waals surface area contributed by atoms with Gasteiger partial charge in [-0.1, -0.05) is 0 Å². The minimum atomic E-state index is -0.842. The number of nitro groups is 1. The summed E-state index contributed by atoms with van der Waals surface area (Å²) in [4.78, 5) is 35.0. The summed E-state index contributed by atoms with van der Waals surface area (Å²) in [6.07, 6.45) is 1.58. The molecule has 1 aromatic carbocycles. The van der Waals surface area contributed by atoms with Gasteiger partial charge in [0.2, 0.25) is 5.78 Å². The zero-order valence-electron chi connectivity index (χ0n) is 15.9. The second kappa shape index (κ2) is 8.01. The first kappa shape index (κ1) is 19.9. The van der Waals surface area contributed by atoms with Crippen molar-refractivity contribution in [3.05, 3.63) is 81.1 Å². The van der Waals surface area contributed by atoms with Gasteiger partial charge in [0.05, 0.1) is 23.3 Å². The number of rotatable bonds is 7. The van der Waals surface area contributed by atoms with Gasteiger partial charge >= 0.3 is 5.97 Å². The molecule has 0 aliphatic carbocycles. The fraction of sp³-hybridized carbons (Fsp3) is 0.200. The van der Waals surface area contributed by atoms with E-state index in [9.17, 15) is 19.7 Å². The van der Waals surface area contributed by atoms with Crippen LogP contribution < -0.4 is 5.73 Å². The molecule has 3 aromatic rings. The zero-order chi connectivity index (χ0) is 21.1. The standard InChI is InChI=1S/C20H19N3O6/c1-12-8-16(13(2)22(12)10-15-4-3-7-28-15)19(24)11-29-20(25)14-5-6-17(21)18(9-14)23(26)27/h3-9H,10-11,21H2,1-2H3. The molecule has 0 unspecified atom stereocenters. The Kier molecular flexibility index (Phi) is 5.49. The van der Waals surface area contributed by atoms with E-state index in [0.717, 1.165) is 23.2 Å². The maximum atomic E-state index is 12.6. The molecule has 3 rings (SSSR count). The minimum Gasteiger partial charge on any atom is -0.467 e. The molecule has 0 spiro atoms. The predicted octanol–water partition coefficient (Wildman–Crippen LogP) is 3.28. The Bertz CT molecular complexity index is 1080. The van der Waals surface area contributed by atoms with E-state index in [-0.39, 0.29) is 17.0 Å². The first-order chi connectivity index (χ1) is 13.8. The number of nitrogens with zero attached hydrogens (tertiary/aromatic N) is 2. The van der Waals surface area contributed by atoms with Crippen LogP contribution in [0.3, 0.4) is 0 Å². The van der Waals surface area contributed by atoms with Crippen molar-refractivity contribution in [2.24, 2.45) is 0 Å². The van der Waals surface area contributed by atoms with E-state index >= 15 is 0 Å². The number of ketones is 1. The Morgan fingerprint density at radius 3 is 2.66 bits per heavy atom. The number of anilines is 1. The lowest BCUT2D eigenvalue weighted by Gasteiger charge is -2.08. The quantitative estimate of drug-likeness (QED) is 0.213. The van der Waals surface area contributed by atoms with Crippen LogP contribution in [0.25, 0.3) is 0 Å². The van der Waals surface area contributed by atoms with E-state index in [1.807, 2.05) is 17.6 Å². The molecule has 2 heterocycles. The second-order valence-electron chi connectivity index (χ2n) is 6.48. The molecule has 0 saturated heterocycles. The van der Waals surface area contributed by atoms with Crippen LogP contribution >= 0.6 is 0 Å². The van der Waals surface area contributed by atoms with Gasteiger partial charge in [-0.2, -0.15) is 0 Å². The summed E-state index contributed by atoms with van der Waals surface area (Å²) >= 11 is 0. The van der Waals surface area contributed by atoms with E-state index in [1.54, 1.807) is 25.3 Å². The maximum Gasteiger partial charge on any atom is 0.338 e. The highest BCUT2D eigenvalue weighted by molar-refractivity contribution is 6.00. The summed E-state index contributed by atoms with van der Waals surface area (Å²) in [5, 5.41) is 10.9. The van der Waals surface area contributed by atoms with Crippen molar-refractivity contribution >= 4 is 23.1 Å². The van der Waals surface area contributed by atoms with E-state index in [1.165, 1.54) is 12.1 Å². The van der Waals surface area contributed by atoms with Crippen LogP contribution in [0.4, 0.5) is 11.4 Å². The molecular weight excluding hydrogens is 378 g/mol. The Labute approximate surface area is 165 Å². The van der Waals surface area contributed by atoms with Crippen LogP contribution in [0, 0.1) is 24.0 Å². The van der Waals surface area contributed by atoms with Gasteiger partial charge in [-0.3, -0.25) is 14.9 Å². The number of carbonyl (C=O) groups excluding carboxylic acids is 2. The molecule has 2 N–H and O–H groups in total. The third-order valence-corrected chi connectivity index (χ3v) is 4.57.